The van der Waals surface area contributed by atoms with Gasteiger partial charge in [0.05, 0.1) is 13.1 Å². The van der Waals surface area contributed by atoms with Crippen LogP contribution in [0.3, 0.4) is 0 Å². The van der Waals surface area contributed by atoms with Crippen molar-refractivity contribution in [2.24, 2.45) is 0 Å². The Labute approximate surface area is 152 Å². The predicted molar refractivity (Wildman–Crippen MR) is 99.9 cm³/mol. The molecule has 0 fully saturated rings. The highest BCUT2D eigenvalue weighted by Gasteiger charge is 2.11. The van der Waals surface area contributed by atoms with Crippen LogP contribution < -0.4 is 10.6 Å². The van der Waals surface area contributed by atoms with Gasteiger partial charge in [-0.25, -0.2) is 4.39 Å². The van der Waals surface area contributed by atoms with Crippen molar-refractivity contribution in [1.82, 2.24) is 4.90 Å². The summed E-state index contributed by atoms with van der Waals surface area (Å²) in [7, 11) is 0. The van der Waals surface area contributed by atoms with E-state index in [4.69, 9.17) is 6.42 Å². The molecule has 0 atom stereocenters. The molecule has 5 nitrogen and oxygen atoms in total. The van der Waals surface area contributed by atoms with Gasteiger partial charge in [-0.15, -0.1) is 6.42 Å². The van der Waals surface area contributed by atoms with E-state index in [9.17, 15) is 14.0 Å². The summed E-state index contributed by atoms with van der Waals surface area (Å²) in [6.45, 7) is 2.28. The molecule has 134 valence electrons. The second-order valence-corrected chi connectivity index (χ2v) is 5.78. The topological polar surface area (TPSA) is 61.4 Å². The maximum atomic E-state index is 13.0. The second-order valence-electron chi connectivity index (χ2n) is 5.78. The third-order valence-corrected chi connectivity index (χ3v) is 3.49. The van der Waals surface area contributed by atoms with E-state index in [1.54, 1.807) is 41.3 Å². The largest absolute Gasteiger partial charge is 0.326 e. The van der Waals surface area contributed by atoms with Gasteiger partial charge in [-0.1, -0.05) is 18.1 Å². The fourth-order valence-corrected chi connectivity index (χ4v) is 2.39. The Morgan fingerprint density at radius 1 is 1.04 bits per heavy atom. The molecule has 2 amide bonds. The van der Waals surface area contributed by atoms with E-state index in [1.165, 1.54) is 19.1 Å². The zero-order chi connectivity index (χ0) is 18.9. The van der Waals surface area contributed by atoms with E-state index >= 15 is 0 Å². The van der Waals surface area contributed by atoms with E-state index in [1.807, 2.05) is 0 Å². The smallest absolute Gasteiger partial charge is 0.238 e. The minimum Gasteiger partial charge on any atom is -0.326 e. The lowest BCUT2D eigenvalue weighted by Crippen LogP contribution is -2.33. The lowest BCUT2D eigenvalue weighted by Gasteiger charge is -2.19. The Bertz CT molecular complexity index is 795. The fourth-order valence-electron chi connectivity index (χ4n) is 2.39. The summed E-state index contributed by atoms with van der Waals surface area (Å²) in [4.78, 5) is 25.0. The molecule has 0 spiro atoms. The van der Waals surface area contributed by atoms with Gasteiger partial charge in [0.15, 0.2) is 0 Å². The number of anilines is 2. The van der Waals surface area contributed by atoms with Crippen molar-refractivity contribution in [2.45, 2.75) is 13.5 Å². The Kier molecular flexibility index (Phi) is 6.89. The van der Waals surface area contributed by atoms with Gasteiger partial charge in [-0.2, -0.15) is 0 Å². The average molecular weight is 353 g/mol. The van der Waals surface area contributed by atoms with E-state index in [2.05, 4.69) is 16.6 Å². The Morgan fingerprint density at radius 2 is 1.62 bits per heavy atom. The number of halogens is 1. The number of carbonyl (C=O) groups is 2. The van der Waals surface area contributed by atoms with Crippen molar-refractivity contribution in [3.8, 4) is 12.3 Å². The molecule has 0 bridgehead atoms. The van der Waals surface area contributed by atoms with E-state index in [0.29, 0.717) is 24.5 Å². The Morgan fingerprint density at radius 3 is 2.15 bits per heavy atom. The van der Waals surface area contributed by atoms with Crippen LogP contribution in [-0.2, 0) is 16.1 Å². The van der Waals surface area contributed by atoms with Gasteiger partial charge >= 0.3 is 0 Å². The summed E-state index contributed by atoms with van der Waals surface area (Å²) >= 11 is 0. The molecule has 0 aliphatic heterocycles. The maximum Gasteiger partial charge on any atom is 0.238 e. The number of rotatable bonds is 7. The third-order valence-electron chi connectivity index (χ3n) is 3.49. The SMILES string of the molecule is C#CCN(CC(=O)Nc1ccc(NC(C)=O)cc1)Cc1ccc(F)cc1. The summed E-state index contributed by atoms with van der Waals surface area (Å²) in [5.74, 6) is 1.85. The number of carbonyl (C=O) groups excluding carboxylic acids is 2. The van der Waals surface area contributed by atoms with Crippen molar-refractivity contribution < 1.29 is 14.0 Å². The number of benzene rings is 2. The summed E-state index contributed by atoms with van der Waals surface area (Å²) in [5, 5.41) is 5.44. The molecule has 2 aromatic carbocycles. The van der Waals surface area contributed by atoms with Crippen LogP contribution in [0.4, 0.5) is 15.8 Å². The van der Waals surface area contributed by atoms with Crippen LogP contribution in [-0.4, -0.2) is 29.8 Å². The number of amides is 2. The van der Waals surface area contributed by atoms with Gasteiger partial charge in [-0.3, -0.25) is 14.5 Å². The predicted octanol–water partition coefficient (Wildman–Crippen LogP) is 2.86. The van der Waals surface area contributed by atoms with Crippen LogP contribution in [0.25, 0.3) is 0 Å². The first-order valence-corrected chi connectivity index (χ1v) is 8.04. The van der Waals surface area contributed by atoms with Crippen molar-refractivity contribution in [3.63, 3.8) is 0 Å². The highest BCUT2D eigenvalue weighted by atomic mass is 19.1. The van der Waals surface area contributed by atoms with Crippen LogP contribution in [0.15, 0.2) is 48.5 Å². The van der Waals surface area contributed by atoms with Gasteiger partial charge in [-0.05, 0) is 42.0 Å². The molecular formula is C20H20FN3O2. The normalized spacial score (nSPS) is 10.2. The molecule has 0 saturated heterocycles. The van der Waals surface area contributed by atoms with Gasteiger partial charge in [0.2, 0.25) is 11.8 Å². The third kappa shape index (κ3) is 6.38. The van der Waals surface area contributed by atoms with Crippen LogP contribution >= 0.6 is 0 Å². The number of hydrogen-bond donors (Lipinski definition) is 2. The molecule has 0 unspecified atom stereocenters. The van der Waals surface area contributed by atoms with Crippen LogP contribution in [0.1, 0.15) is 12.5 Å². The summed E-state index contributed by atoms with van der Waals surface area (Å²) < 4.78 is 13.0. The molecule has 2 aromatic rings. The quantitative estimate of drug-likeness (QED) is 0.753. The first-order chi connectivity index (χ1) is 12.5. The van der Waals surface area contributed by atoms with Crippen molar-refractivity contribution in [2.75, 3.05) is 23.7 Å². The van der Waals surface area contributed by atoms with Crippen molar-refractivity contribution in [1.29, 1.82) is 0 Å². The zero-order valence-electron chi connectivity index (χ0n) is 14.5. The first kappa shape index (κ1) is 19.2. The zero-order valence-corrected chi connectivity index (χ0v) is 14.5. The van der Waals surface area contributed by atoms with Gasteiger partial charge in [0.1, 0.15) is 5.82 Å². The van der Waals surface area contributed by atoms with E-state index in [0.717, 1.165) is 5.56 Å². The molecular weight excluding hydrogens is 333 g/mol. The van der Waals surface area contributed by atoms with Crippen molar-refractivity contribution >= 4 is 23.2 Å². The molecule has 0 heterocycles. The van der Waals surface area contributed by atoms with Crippen LogP contribution in [0.2, 0.25) is 0 Å². The fraction of sp³-hybridized carbons (Fsp3) is 0.200. The lowest BCUT2D eigenvalue weighted by molar-refractivity contribution is -0.117. The maximum absolute atomic E-state index is 13.0. The van der Waals surface area contributed by atoms with Crippen molar-refractivity contribution in [3.05, 3.63) is 59.9 Å². The number of hydrogen-bond acceptors (Lipinski definition) is 3. The number of nitrogens with one attached hydrogen (secondary N) is 2. The summed E-state index contributed by atoms with van der Waals surface area (Å²) in [6, 6.07) is 12.9. The molecule has 6 heteroatoms. The second kappa shape index (κ2) is 9.35. The first-order valence-electron chi connectivity index (χ1n) is 8.04. The van der Waals surface area contributed by atoms with Gasteiger partial charge in [0, 0.05) is 24.8 Å². The van der Waals surface area contributed by atoms with Gasteiger partial charge in [0.25, 0.3) is 0 Å². The molecule has 0 aliphatic carbocycles. The Balaban J connectivity index is 1.93. The molecule has 2 N–H and O–H groups in total. The standard InChI is InChI=1S/C20H20FN3O2/c1-3-12-24(13-16-4-6-17(21)7-5-16)14-20(26)23-19-10-8-18(9-11-19)22-15(2)25/h1,4-11H,12-14H2,2H3,(H,22,25)(H,23,26). The van der Waals surface area contributed by atoms with E-state index in [-0.39, 0.29) is 24.2 Å². The summed E-state index contributed by atoms with van der Waals surface area (Å²) in [5.41, 5.74) is 2.14. The highest BCUT2D eigenvalue weighted by Crippen LogP contribution is 2.14. The van der Waals surface area contributed by atoms with Gasteiger partial charge < -0.3 is 10.6 Å². The minimum absolute atomic E-state index is 0.106. The summed E-state index contributed by atoms with van der Waals surface area (Å²) in [6.07, 6.45) is 5.37. The minimum atomic E-state index is -0.308. The number of nitrogens with zero attached hydrogens (tertiary/aromatic N) is 1. The molecule has 0 aliphatic rings. The molecule has 0 saturated carbocycles. The number of terminal acetylenes is 1. The highest BCUT2D eigenvalue weighted by molar-refractivity contribution is 5.93. The molecule has 0 radical (unpaired) electrons. The Hall–Kier alpha value is -3.17. The average Bonchev–Trinajstić information content (AvgIpc) is 2.58. The van der Waals surface area contributed by atoms with Crippen LogP contribution in [0, 0.1) is 18.2 Å². The molecule has 2 rings (SSSR count). The lowest BCUT2D eigenvalue weighted by atomic mass is 10.2. The molecule has 0 aromatic heterocycles. The monoisotopic (exact) mass is 353 g/mol. The molecule has 26 heavy (non-hydrogen) atoms. The van der Waals surface area contributed by atoms with E-state index < -0.39 is 0 Å². The van der Waals surface area contributed by atoms with Crippen LogP contribution in [0.5, 0.6) is 0 Å².